The molecular weight excluding hydrogens is 352 g/mol. The van der Waals surface area contributed by atoms with Crippen molar-refractivity contribution in [1.82, 2.24) is 18.8 Å². The van der Waals surface area contributed by atoms with E-state index in [9.17, 15) is 13.2 Å². The second-order valence-corrected chi connectivity index (χ2v) is 10.3. The highest BCUT2D eigenvalue weighted by molar-refractivity contribution is 7.86. The average Bonchev–Trinajstić information content (AvgIpc) is 3.41. The lowest BCUT2D eigenvalue weighted by Crippen LogP contribution is -2.54. The maximum atomic E-state index is 12.9. The van der Waals surface area contributed by atoms with Crippen molar-refractivity contribution in [2.24, 2.45) is 11.3 Å². The Bertz CT molecular complexity index is 616. The number of carbonyl (C=O) groups excluding carboxylic acids is 1. The van der Waals surface area contributed by atoms with Gasteiger partial charge in [0.1, 0.15) is 0 Å². The predicted molar refractivity (Wildman–Crippen MR) is 99.8 cm³/mol. The van der Waals surface area contributed by atoms with Crippen LogP contribution in [0.2, 0.25) is 0 Å². The van der Waals surface area contributed by atoms with Crippen LogP contribution in [0.3, 0.4) is 0 Å². The molecule has 1 atom stereocenters. The molecule has 7 nitrogen and oxygen atoms in total. The molecule has 26 heavy (non-hydrogen) atoms. The molecule has 4 fully saturated rings. The van der Waals surface area contributed by atoms with Crippen molar-refractivity contribution in [3.8, 4) is 0 Å². The second kappa shape index (κ2) is 7.37. The van der Waals surface area contributed by atoms with Gasteiger partial charge in [-0.1, -0.05) is 12.8 Å². The molecule has 3 saturated heterocycles. The molecule has 3 aliphatic heterocycles. The molecule has 4 aliphatic rings. The van der Waals surface area contributed by atoms with Gasteiger partial charge < -0.3 is 10.2 Å². The van der Waals surface area contributed by atoms with Crippen molar-refractivity contribution in [2.75, 3.05) is 52.4 Å². The second-order valence-electron chi connectivity index (χ2n) is 8.41. The number of hydrogen-bond donors (Lipinski definition) is 1. The largest absolute Gasteiger partial charge is 0.340 e. The van der Waals surface area contributed by atoms with E-state index >= 15 is 0 Å². The third-order valence-corrected chi connectivity index (χ3v) is 8.89. The van der Waals surface area contributed by atoms with Gasteiger partial charge in [-0.25, -0.2) is 0 Å². The van der Waals surface area contributed by atoms with Gasteiger partial charge in [0.05, 0.1) is 0 Å². The van der Waals surface area contributed by atoms with E-state index in [0.29, 0.717) is 39.3 Å². The van der Waals surface area contributed by atoms with Crippen LogP contribution in [0.5, 0.6) is 0 Å². The highest BCUT2D eigenvalue weighted by atomic mass is 32.2. The van der Waals surface area contributed by atoms with Gasteiger partial charge in [0.15, 0.2) is 0 Å². The van der Waals surface area contributed by atoms with E-state index in [1.807, 2.05) is 4.90 Å². The summed E-state index contributed by atoms with van der Waals surface area (Å²) in [5.74, 6) is 0.442. The van der Waals surface area contributed by atoms with Crippen LogP contribution >= 0.6 is 0 Å². The number of amides is 1. The SMILES string of the molecule is O=C(C1CC12CCNCC2)N1CCN(S(=O)(=O)N2CCCCCC2)CC1. The molecule has 1 N–H and O–H groups in total. The van der Waals surface area contributed by atoms with E-state index in [4.69, 9.17) is 0 Å². The molecule has 0 aromatic rings. The summed E-state index contributed by atoms with van der Waals surface area (Å²) in [5, 5.41) is 3.37. The van der Waals surface area contributed by atoms with E-state index < -0.39 is 10.2 Å². The molecular formula is C18H32N4O3S. The summed E-state index contributed by atoms with van der Waals surface area (Å²) in [6.45, 7) is 5.27. The summed E-state index contributed by atoms with van der Waals surface area (Å²) < 4.78 is 29.0. The van der Waals surface area contributed by atoms with Crippen LogP contribution in [0, 0.1) is 11.3 Å². The maximum absolute atomic E-state index is 12.9. The van der Waals surface area contributed by atoms with Gasteiger partial charge in [-0.15, -0.1) is 0 Å². The van der Waals surface area contributed by atoms with Crippen LogP contribution in [0.25, 0.3) is 0 Å². The molecule has 1 aliphatic carbocycles. The van der Waals surface area contributed by atoms with E-state index in [0.717, 1.165) is 58.0 Å². The highest BCUT2D eigenvalue weighted by Crippen LogP contribution is 2.59. The fraction of sp³-hybridized carbons (Fsp3) is 0.944. The van der Waals surface area contributed by atoms with E-state index in [2.05, 4.69) is 5.32 Å². The number of hydrogen-bond acceptors (Lipinski definition) is 4. The first-order valence-corrected chi connectivity index (χ1v) is 11.7. The molecule has 148 valence electrons. The van der Waals surface area contributed by atoms with Crippen LogP contribution in [-0.4, -0.2) is 80.2 Å². The number of piperidine rings is 1. The summed E-state index contributed by atoms with van der Waals surface area (Å²) in [4.78, 5) is 14.8. The van der Waals surface area contributed by atoms with Crippen molar-refractivity contribution in [3.05, 3.63) is 0 Å². The third-order valence-electron chi connectivity index (χ3n) is 6.86. The quantitative estimate of drug-likeness (QED) is 0.775. The number of piperazine rings is 1. The van der Waals surface area contributed by atoms with Crippen molar-refractivity contribution < 1.29 is 13.2 Å². The van der Waals surface area contributed by atoms with Crippen LogP contribution in [0.15, 0.2) is 0 Å². The van der Waals surface area contributed by atoms with Gasteiger partial charge in [0, 0.05) is 45.2 Å². The van der Waals surface area contributed by atoms with Gasteiger partial charge >= 0.3 is 0 Å². The molecule has 8 heteroatoms. The van der Waals surface area contributed by atoms with Crippen molar-refractivity contribution in [2.45, 2.75) is 44.9 Å². The lowest BCUT2D eigenvalue weighted by molar-refractivity contribution is -0.134. The monoisotopic (exact) mass is 384 g/mol. The van der Waals surface area contributed by atoms with Gasteiger partial charge in [0.25, 0.3) is 10.2 Å². The summed E-state index contributed by atoms with van der Waals surface area (Å²) in [6.07, 6.45) is 7.38. The number of nitrogens with one attached hydrogen (secondary N) is 1. The zero-order chi connectivity index (χ0) is 18.2. The van der Waals surface area contributed by atoms with Gasteiger partial charge in [-0.2, -0.15) is 17.0 Å². The Labute approximate surface area is 157 Å². The Hall–Kier alpha value is -0.700. The van der Waals surface area contributed by atoms with Crippen LogP contribution in [0.1, 0.15) is 44.9 Å². The summed E-state index contributed by atoms with van der Waals surface area (Å²) >= 11 is 0. The molecule has 1 unspecified atom stereocenters. The minimum Gasteiger partial charge on any atom is -0.340 e. The van der Waals surface area contributed by atoms with Crippen LogP contribution < -0.4 is 5.32 Å². The molecule has 4 rings (SSSR count). The summed E-state index contributed by atoms with van der Waals surface area (Å²) in [5.41, 5.74) is 0.248. The van der Waals surface area contributed by atoms with Gasteiger partial charge in [-0.3, -0.25) is 4.79 Å². The topological polar surface area (TPSA) is 73.0 Å². The lowest BCUT2D eigenvalue weighted by atomic mass is 9.91. The van der Waals surface area contributed by atoms with Crippen LogP contribution in [-0.2, 0) is 15.0 Å². The molecule has 1 saturated carbocycles. The smallest absolute Gasteiger partial charge is 0.282 e. The maximum Gasteiger partial charge on any atom is 0.282 e. The molecule has 0 aromatic heterocycles. The normalized spacial score (nSPS) is 30.9. The van der Waals surface area contributed by atoms with E-state index in [-0.39, 0.29) is 17.2 Å². The predicted octanol–water partition coefficient (Wildman–Crippen LogP) is 0.641. The average molecular weight is 385 g/mol. The minimum absolute atomic E-state index is 0.179. The molecule has 1 spiro atoms. The molecule has 3 heterocycles. The zero-order valence-corrected chi connectivity index (χ0v) is 16.5. The minimum atomic E-state index is -3.37. The van der Waals surface area contributed by atoms with Crippen molar-refractivity contribution in [3.63, 3.8) is 0 Å². The molecule has 0 bridgehead atoms. The molecule has 0 aromatic carbocycles. The van der Waals surface area contributed by atoms with E-state index in [1.165, 1.54) is 0 Å². The van der Waals surface area contributed by atoms with Crippen LogP contribution in [0.4, 0.5) is 0 Å². The zero-order valence-electron chi connectivity index (χ0n) is 15.7. The third kappa shape index (κ3) is 3.53. The Morgan fingerprint density at radius 3 is 2.04 bits per heavy atom. The van der Waals surface area contributed by atoms with Crippen molar-refractivity contribution >= 4 is 16.1 Å². The number of carbonyl (C=O) groups is 1. The van der Waals surface area contributed by atoms with Gasteiger partial charge in [0.2, 0.25) is 5.91 Å². The first-order chi connectivity index (χ1) is 12.5. The number of nitrogens with zero attached hydrogens (tertiary/aromatic N) is 3. The van der Waals surface area contributed by atoms with E-state index in [1.54, 1.807) is 8.61 Å². The summed E-state index contributed by atoms with van der Waals surface area (Å²) in [6, 6.07) is 0. The fourth-order valence-corrected chi connectivity index (χ4v) is 6.64. The standard InChI is InChI=1S/C18H32N4O3S/c23-17(16-15-18(16)5-7-19-8-6-18)20-11-13-22(14-12-20)26(24,25)21-9-3-1-2-4-10-21/h16,19H,1-15H2. The lowest BCUT2D eigenvalue weighted by Gasteiger charge is -2.37. The number of rotatable bonds is 3. The fourth-order valence-electron chi connectivity index (χ4n) is 4.97. The first kappa shape index (κ1) is 18.7. The Balaban J connectivity index is 1.32. The van der Waals surface area contributed by atoms with Crippen molar-refractivity contribution in [1.29, 1.82) is 0 Å². The first-order valence-electron chi connectivity index (χ1n) is 10.3. The Morgan fingerprint density at radius 1 is 0.846 bits per heavy atom. The highest BCUT2D eigenvalue weighted by Gasteiger charge is 2.58. The summed E-state index contributed by atoms with van der Waals surface area (Å²) in [7, 11) is -3.37. The molecule has 0 radical (unpaired) electrons. The Morgan fingerprint density at radius 2 is 1.42 bits per heavy atom. The Kier molecular flexibility index (Phi) is 5.29. The van der Waals surface area contributed by atoms with Gasteiger partial charge in [-0.05, 0) is 50.6 Å². The molecule has 1 amide bonds.